The van der Waals surface area contributed by atoms with E-state index in [0.717, 1.165) is 12.8 Å². The Morgan fingerprint density at radius 3 is 2.33 bits per heavy atom. The average Bonchev–Trinajstić information content (AvgIpc) is 2.88. The van der Waals surface area contributed by atoms with Crippen LogP contribution in [-0.2, 0) is 0 Å². The number of hydrogen-bond acceptors (Lipinski definition) is 0. The molecule has 4 aliphatic carbocycles. The summed E-state index contributed by atoms with van der Waals surface area (Å²) in [4.78, 5) is 0. The average molecular weight is 216 g/mol. The van der Waals surface area contributed by atoms with Crippen LogP contribution in [0.3, 0.4) is 0 Å². The molecular weight excluding hydrogens is 201 g/mol. The third kappa shape index (κ3) is 0.805. The van der Waals surface area contributed by atoms with Crippen molar-refractivity contribution < 1.29 is 13.2 Å². The van der Waals surface area contributed by atoms with Crippen LogP contribution < -0.4 is 0 Å². The smallest absolute Gasteiger partial charge is 0.241 e. The fraction of sp³-hybridized carbons (Fsp3) is 1.00. The van der Waals surface area contributed by atoms with Crippen molar-refractivity contribution in [2.24, 2.45) is 35.5 Å². The highest BCUT2D eigenvalue weighted by Gasteiger charge is 2.73. The standard InChI is InChI=1S/C12H15F3/c13-11-7-4-8(12(11,14)15)10-6-2-1-5(3-6)9(7)10/h5-11H,1-4H2. The zero-order chi connectivity index (χ0) is 10.4. The van der Waals surface area contributed by atoms with Crippen molar-refractivity contribution in [1.82, 2.24) is 0 Å². The molecule has 0 nitrogen and oxygen atoms in total. The lowest BCUT2D eigenvalue weighted by Gasteiger charge is -2.40. The molecule has 0 aromatic rings. The minimum Gasteiger partial charge on any atom is -0.241 e. The van der Waals surface area contributed by atoms with E-state index in [0.29, 0.717) is 24.2 Å². The minimum absolute atomic E-state index is 0.177. The molecule has 0 aromatic carbocycles. The molecule has 0 heterocycles. The van der Waals surface area contributed by atoms with Gasteiger partial charge in [-0.15, -0.1) is 0 Å². The van der Waals surface area contributed by atoms with Gasteiger partial charge >= 0.3 is 0 Å². The molecule has 15 heavy (non-hydrogen) atoms. The molecule has 0 radical (unpaired) electrons. The Bertz CT molecular complexity index is 314. The Hall–Kier alpha value is -0.210. The molecule has 3 heteroatoms. The van der Waals surface area contributed by atoms with Gasteiger partial charge in [0, 0.05) is 5.92 Å². The van der Waals surface area contributed by atoms with Crippen LogP contribution in [0.4, 0.5) is 13.2 Å². The molecule has 4 rings (SSSR count). The highest BCUT2D eigenvalue weighted by molar-refractivity contribution is 5.16. The first kappa shape index (κ1) is 8.89. The van der Waals surface area contributed by atoms with Gasteiger partial charge in [-0.2, -0.15) is 0 Å². The summed E-state index contributed by atoms with van der Waals surface area (Å²) in [6.45, 7) is 0. The molecule has 0 aromatic heterocycles. The number of rotatable bonds is 0. The third-order valence-corrected chi connectivity index (χ3v) is 5.77. The summed E-state index contributed by atoms with van der Waals surface area (Å²) in [5.74, 6) is -2.32. The van der Waals surface area contributed by atoms with Gasteiger partial charge in [0.05, 0.1) is 0 Å². The largest absolute Gasteiger partial charge is 0.282 e. The SMILES string of the molecule is FC1C2CC(C3C4CCC(C4)C23)C1(F)F. The summed E-state index contributed by atoms with van der Waals surface area (Å²) in [5.41, 5.74) is 0. The Morgan fingerprint density at radius 1 is 0.933 bits per heavy atom. The normalized spacial score (nSPS) is 63.8. The van der Waals surface area contributed by atoms with E-state index in [1.807, 2.05) is 0 Å². The molecule has 84 valence electrons. The molecule has 7 atom stereocenters. The molecule has 0 amide bonds. The second-order valence-electron chi connectivity index (χ2n) is 6.07. The van der Waals surface area contributed by atoms with E-state index < -0.39 is 18.0 Å². The van der Waals surface area contributed by atoms with Gasteiger partial charge < -0.3 is 0 Å². The molecular formula is C12H15F3. The topological polar surface area (TPSA) is 0 Å². The summed E-state index contributed by atoms with van der Waals surface area (Å²) in [7, 11) is 0. The van der Waals surface area contributed by atoms with Crippen molar-refractivity contribution in [2.45, 2.75) is 37.8 Å². The Labute approximate surface area is 87.2 Å². The van der Waals surface area contributed by atoms with Gasteiger partial charge in [-0.25, -0.2) is 13.2 Å². The van der Waals surface area contributed by atoms with Crippen LogP contribution in [0.5, 0.6) is 0 Å². The Kier molecular flexibility index (Phi) is 1.41. The molecule has 0 aliphatic heterocycles. The summed E-state index contributed by atoms with van der Waals surface area (Å²) < 4.78 is 40.9. The Balaban J connectivity index is 1.77. The maximum absolute atomic E-state index is 13.6. The lowest BCUT2D eigenvalue weighted by molar-refractivity contribution is -0.147. The van der Waals surface area contributed by atoms with Gasteiger partial charge in [0.15, 0.2) is 6.17 Å². The predicted molar refractivity (Wildman–Crippen MR) is 49.3 cm³/mol. The zero-order valence-electron chi connectivity index (χ0n) is 8.50. The maximum atomic E-state index is 13.6. The lowest BCUT2D eigenvalue weighted by atomic mass is 9.69. The maximum Gasteiger partial charge on any atom is 0.282 e. The van der Waals surface area contributed by atoms with Crippen molar-refractivity contribution in [1.29, 1.82) is 0 Å². The molecule has 7 unspecified atom stereocenters. The summed E-state index contributed by atoms with van der Waals surface area (Å²) in [6, 6.07) is 0. The van der Waals surface area contributed by atoms with Crippen LogP contribution in [0.25, 0.3) is 0 Å². The summed E-state index contributed by atoms with van der Waals surface area (Å²) >= 11 is 0. The second kappa shape index (κ2) is 2.38. The highest BCUT2D eigenvalue weighted by atomic mass is 19.3. The van der Waals surface area contributed by atoms with Gasteiger partial charge in [0.1, 0.15) is 0 Å². The van der Waals surface area contributed by atoms with E-state index in [1.54, 1.807) is 0 Å². The van der Waals surface area contributed by atoms with Crippen LogP contribution in [0.1, 0.15) is 25.7 Å². The van der Waals surface area contributed by atoms with Crippen molar-refractivity contribution in [3.8, 4) is 0 Å². The van der Waals surface area contributed by atoms with Gasteiger partial charge in [0.2, 0.25) is 0 Å². The van der Waals surface area contributed by atoms with E-state index in [9.17, 15) is 13.2 Å². The van der Waals surface area contributed by atoms with Crippen molar-refractivity contribution in [3.63, 3.8) is 0 Å². The molecule has 4 bridgehead atoms. The number of alkyl halides is 3. The van der Waals surface area contributed by atoms with Gasteiger partial charge in [0.25, 0.3) is 5.92 Å². The van der Waals surface area contributed by atoms with Gasteiger partial charge in [-0.1, -0.05) is 0 Å². The zero-order valence-corrected chi connectivity index (χ0v) is 8.50. The number of fused-ring (bicyclic) bond motifs is 9. The van der Waals surface area contributed by atoms with E-state index in [1.165, 1.54) is 6.42 Å². The summed E-state index contributed by atoms with van der Waals surface area (Å²) in [6.07, 6.45) is 2.06. The molecule has 0 N–H and O–H groups in total. The molecule has 0 saturated heterocycles. The van der Waals surface area contributed by atoms with E-state index in [2.05, 4.69) is 0 Å². The molecule has 4 aliphatic rings. The first-order chi connectivity index (χ1) is 7.10. The van der Waals surface area contributed by atoms with E-state index in [-0.39, 0.29) is 11.8 Å². The van der Waals surface area contributed by atoms with Gasteiger partial charge in [-0.05, 0) is 55.3 Å². The monoisotopic (exact) mass is 216 g/mol. The summed E-state index contributed by atoms with van der Waals surface area (Å²) in [5, 5.41) is 0. The second-order valence-corrected chi connectivity index (χ2v) is 6.07. The predicted octanol–water partition coefficient (Wildman–Crippen LogP) is 3.27. The minimum atomic E-state index is -3.00. The molecule has 4 saturated carbocycles. The van der Waals surface area contributed by atoms with E-state index in [4.69, 9.17) is 0 Å². The van der Waals surface area contributed by atoms with Crippen molar-refractivity contribution in [3.05, 3.63) is 0 Å². The fourth-order valence-electron chi connectivity index (χ4n) is 5.44. The van der Waals surface area contributed by atoms with Crippen LogP contribution in [0.15, 0.2) is 0 Å². The molecule has 0 spiro atoms. The van der Waals surface area contributed by atoms with Crippen LogP contribution >= 0.6 is 0 Å². The first-order valence-electron chi connectivity index (χ1n) is 6.12. The lowest BCUT2D eigenvalue weighted by Crippen LogP contribution is -2.46. The quantitative estimate of drug-likeness (QED) is 0.545. The van der Waals surface area contributed by atoms with Crippen molar-refractivity contribution >= 4 is 0 Å². The highest BCUT2D eigenvalue weighted by Crippen LogP contribution is 2.71. The third-order valence-electron chi connectivity index (χ3n) is 5.77. The van der Waals surface area contributed by atoms with Crippen LogP contribution in [0, 0.1) is 35.5 Å². The fourth-order valence-corrected chi connectivity index (χ4v) is 5.44. The number of halogens is 3. The van der Waals surface area contributed by atoms with Crippen LogP contribution in [0.2, 0.25) is 0 Å². The van der Waals surface area contributed by atoms with Crippen LogP contribution in [-0.4, -0.2) is 12.1 Å². The Morgan fingerprint density at radius 2 is 1.60 bits per heavy atom. The molecule has 4 fully saturated rings. The van der Waals surface area contributed by atoms with Crippen molar-refractivity contribution in [2.75, 3.05) is 0 Å². The number of hydrogen-bond donors (Lipinski definition) is 0. The van der Waals surface area contributed by atoms with Gasteiger partial charge in [-0.3, -0.25) is 0 Å². The first-order valence-corrected chi connectivity index (χ1v) is 6.12. The van der Waals surface area contributed by atoms with E-state index >= 15 is 0 Å².